The zero-order valence-corrected chi connectivity index (χ0v) is 40.2. The molecule has 0 bridgehead atoms. The minimum atomic E-state index is -4.84. The number of benzene rings is 4. The standard InChI is InChI=1S/C46H58N6O8S2.Na/c1-3-4-5-6-7-8-9-10-11-12-13-14-15-16-20-23-43(53)47-45-44(49-48-36-26-28-37(29-27-36)51-61(55,56)40-31-24-35(2)25-32-40)46(54)52(50-45)38-30-33-41(42(34-38)62(57,58)59)60-39-21-18-17-19-22-39;/h17-19,21-22,24-34,44,51H,3-16,20,23H2,1-2H3,(H,47,50,53)(H,57,58,59);. The van der Waals surface area contributed by atoms with Crippen LogP contribution in [0.1, 0.15) is 115 Å². The van der Waals surface area contributed by atoms with Crippen molar-refractivity contribution in [1.82, 2.24) is 5.32 Å². The van der Waals surface area contributed by atoms with Gasteiger partial charge in [0.2, 0.25) is 11.9 Å². The fourth-order valence-corrected chi connectivity index (χ4v) is 8.56. The molecule has 4 aromatic carbocycles. The molecule has 1 atom stereocenters. The van der Waals surface area contributed by atoms with Gasteiger partial charge in [-0.05, 0) is 80.1 Å². The number of hydrogen-bond acceptors (Lipinski definition) is 10. The summed E-state index contributed by atoms with van der Waals surface area (Å²) in [6, 6.07) is 23.1. The maximum absolute atomic E-state index is 13.9. The number of unbranched alkanes of at least 4 members (excludes halogenated alkanes) is 14. The molecule has 63 heavy (non-hydrogen) atoms. The van der Waals surface area contributed by atoms with E-state index in [0.717, 1.165) is 35.9 Å². The molecule has 1 heterocycles. The van der Waals surface area contributed by atoms with Crippen LogP contribution in [0.15, 0.2) is 122 Å². The number of nitrogens with one attached hydrogen (secondary N) is 2. The molecule has 14 nitrogen and oxygen atoms in total. The van der Waals surface area contributed by atoms with Crippen molar-refractivity contribution in [3.63, 3.8) is 0 Å². The molecule has 0 aliphatic carbocycles. The van der Waals surface area contributed by atoms with Crippen LogP contribution < -0.4 is 19.8 Å². The van der Waals surface area contributed by atoms with Crippen LogP contribution in [-0.2, 0) is 29.7 Å². The molecule has 1 aliphatic heterocycles. The van der Waals surface area contributed by atoms with Gasteiger partial charge in [-0.3, -0.25) is 18.9 Å². The molecule has 0 aromatic heterocycles. The number of carbonyl (C=O) groups is 2. The minimum absolute atomic E-state index is 0. The molecule has 0 fully saturated rings. The van der Waals surface area contributed by atoms with Crippen LogP contribution in [0.2, 0.25) is 0 Å². The van der Waals surface area contributed by atoms with E-state index in [9.17, 15) is 31.0 Å². The number of anilines is 2. The van der Waals surface area contributed by atoms with E-state index in [1.165, 1.54) is 119 Å². The predicted molar refractivity (Wildman–Crippen MR) is 248 cm³/mol. The van der Waals surface area contributed by atoms with Crippen molar-refractivity contribution < 1.29 is 35.7 Å². The largest absolute Gasteiger partial charge is 0.456 e. The van der Waals surface area contributed by atoms with Crippen molar-refractivity contribution in [2.45, 2.75) is 132 Å². The van der Waals surface area contributed by atoms with Crippen molar-refractivity contribution in [2.75, 3.05) is 9.73 Å². The van der Waals surface area contributed by atoms with Crippen molar-refractivity contribution in [2.24, 2.45) is 15.3 Å². The molecule has 17 heteroatoms. The Labute approximate surface area is 394 Å². The molecule has 1 radical (unpaired) electrons. The van der Waals surface area contributed by atoms with Crippen molar-refractivity contribution in [3.8, 4) is 11.5 Å². The zero-order chi connectivity index (χ0) is 44.4. The Hall–Kier alpha value is -4.45. The molecule has 2 amide bonds. The normalized spacial score (nSPS) is 14.1. The first-order valence-electron chi connectivity index (χ1n) is 21.5. The molecule has 333 valence electrons. The first kappa shape index (κ1) is 51.2. The van der Waals surface area contributed by atoms with Crippen molar-refractivity contribution >= 4 is 84.4 Å². The van der Waals surface area contributed by atoms with Gasteiger partial charge >= 0.3 is 0 Å². The molecule has 1 aliphatic rings. The van der Waals surface area contributed by atoms with E-state index in [2.05, 4.69) is 32.3 Å². The second-order valence-electron chi connectivity index (χ2n) is 15.5. The number of rotatable bonds is 25. The van der Waals surface area contributed by atoms with E-state index >= 15 is 0 Å². The average molecular weight is 910 g/mol. The van der Waals surface area contributed by atoms with Gasteiger partial charge in [0.25, 0.3) is 26.0 Å². The maximum Gasteiger partial charge on any atom is 0.298 e. The van der Waals surface area contributed by atoms with Gasteiger partial charge in [0, 0.05) is 41.7 Å². The fraction of sp³-hybridized carbons (Fsp3) is 0.413. The van der Waals surface area contributed by atoms with Crippen LogP contribution in [0.3, 0.4) is 0 Å². The van der Waals surface area contributed by atoms with E-state index < -0.39 is 37.0 Å². The molecular weight excluding hydrogens is 852 g/mol. The van der Waals surface area contributed by atoms with Crippen molar-refractivity contribution in [1.29, 1.82) is 0 Å². The maximum atomic E-state index is 13.9. The summed E-state index contributed by atoms with van der Waals surface area (Å²) in [5, 5.41) is 16.4. The van der Waals surface area contributed by atoms with E-state index in [0.29, 0.717) is 12.2 Å². The summed E-state index contributed by atoms with van der Waals surface area (Å²) in [5.41, 5.74) is 1.43. The van der Waals surface area contributed by atoms with Gasteiger partial charge in [0.15, 0.2) is 5.84 Å². The molecule has 1 unspecified atom stereocenters. The Morgan fingerprint density at radius 1 is 0.762 bits per heavy atom. The number of hydrazone groups is 1. The summed E-state index contributed by atoms with van der Waals surface area (Å²) in [6.07, 6.45) is 18.1. The Kier molecular flexibility index (Phi) is 20.9. The Morgan fingerprint density at radius 2 is 1.33 bits per heavy atom. The third-order valence-electron chi connectivity index (χ3n) is 10.3. The first-order chi connectivity index (χ1) is 29.8. The van der Waals surface area contributed by atoms with Gasteiger partial charge in [-0.25, -0.2) is 8.42 Å². The summed E-state index contributed by atoms with van der Waals surface area (Å²) < 4.78 is 69.1. The van der Waals surface area contributed by atoms with Crippen LogP contribution in [0.4, 0.5) is 17.1 Å². The average Bonchev–Trinajstić information content (AvgIpc) is 3.55. The van der Waals surface area contributed by atoms with E-state index in [1.54, 1.807) is 42.5 Å². The Bertz CT molecular complexity index is 2360. The number of amides is 2. The van der Waals surface area contributed by atoms with Gasteiger partial charge in [-0.1, -0.05) is 133 Å². The number of ether oxygens (including phenoxy) is 1. The number of aryl methyl sites for hydroxylation is 1. The number of amidine groups is 1. The third-order valence-corrected chi connectivity index (χ3v) is 12.6. The summed E-state index contributed by atoms with van der Waals surface area (Å²) >= 11 is 0. The topological polar surface area (TPSA) is 196 Å². The monoisotopic (exact) mass is 909 g/mol. The summed E-state index contributed by atoms with van der Waals surface area (Å²) in [7, 11) is -8.69. The van der Waals surface area contributed by atoms with Crippen LogP contribution in [-0.4, -0.2) is 74.6 Å². The van der Waals surface area contributed by atoms with Gasteiger partial charge in [-0.15, -0.1) is 5.10 Å². The number of hydrogen-bond donors (Lipinski definition) is 3. The van der Waals surface area contributed by atoms with Crippen LogP contribution in [0, 0.1) is 6.92 Å². The third kappa shape index (κ3) is 16.6. The van der Waals surface area contributed by atoms with Gasteiger partial charge < -0.3 is 10.1 Å². The molecular formula is C46H58N6NaO8S2. The molecule has 3 N–H and O–H groups in total. The summed E-state index contributed by atoms with van der Waals surface area (Å²) in [5.74, 6) is -1.11. The van der Waals surface area contributed by atoms with E-state index in [1.807, 2.05) is 6.92 Å². The molecule has 5 rings (SSSR count). The number of azo groups is 1. The zero-order valence-electron chi connectivity index (χ0n) is 36.5. The molecule has 0 saturated heterocycles. The first-order valence-corrected chi connectivity index (χ1v) is 24.4. The molecule has 0 spiro atoms. The SMILES string of the molecule is CCCCCCCCCCCCCCCCCC(=O)NC1=NN(c2ccc(Oc3ccccc3)c(S(=O)(=O)O)c2)C(=O)C1N=Nc1ccc(NS(=O)(=O)c2ccc(C)cc2)cc1.[Na]. The predicted octanol–water partition coefficient (Wildman–Crippen LogP) is 10.6. The smallest absolute Gasteiger partial charge is 0.298 e. The fourth-order valence-electron chi connectivity index (χ4n) is 6.87. The van der Waals surface area contributed by atoms with E-state index in [4.69, 9.17) is 4.74 Å². The Balaban J connectivity index is 0.00000871. The molecule has 4 aromatic rings. The van der Waals surface area contributed by atoms with Gasteiger partial charge in [0.05, 0.1) is 16.3 Å². The summed E-state index contributed by atoms with van der Waals surface area (Å²) in [4.78, 5) is 26.6. The molecule has 0 saturated carbocycles. The van der Waals surface area contributed by atoms with Crippen LogP contribution in [0.25, 0.3) is 0 Å². The number of sulfonamides is 1. The van der Waals surface area contributed by atoms with Crippen LogP contribution >= 0.6 is 0 Å². The minimum Gasteiger partial charge on any atom is -0.456 e. The number of para-hydroxylation sites is 1. The van der Waals surface area contributed by atoms with Crippen molar-refractivity contribution in [3.05, 3.63) is 103 Å². The quantitative estimate of drug-likeness (QED) is 0.0253. The number of nitrogens with zero attached hydrogens (tertiary/aromatic N) is 4. The second-order valence-corrected chi connectivity index (χ2v) is 18.6. The Morgan fingerprint density at radius 3 is 1.90 bits per heavy atom. The van der Waals surface area contributed by atoms with E-state index in [-0.39, 0.29) is 75.4 Å². The summed E-state index contributed by atoms with van der Waals surface area (Å²) in [6.45, 7) is 4.10. The van der Waals surface area contributed by atoms with Crippen LogP contribution in [0.5, 0.6) is 11.5 Å². The van der Waals surface area contributed by atoms with Gasteiger partial charge in [0.1, 0.15) is 16.4 Å². The second kappa shape index (κ2) is 25.7. The number of carbonyl (C=O) groups excluding carboxylic acids is 2. The van der Waals surface area contributed by atoms with Gasteiger partial charge in [-0.2, -0.15) is 23.7 Å².